The van der Waals surface area contributed by atoms with Crippen molar-refractivity contribution in [2.75, 3.05) is 20.8 Å². The highest BCUT2D eigenvalue weighted by atomic mass is 19.1. The lowest BCUT2D eigenvalue weighted by Gasteiger charge is -2.11. The Morgan fingerprint density at radius 2 is 1.52 bits per heavy atom. The first kappa shape index (κ1) is 21.8. The lowest BCUT2D eigenvalue weighted by Crippen LogP contribution is -2.15. The molecule has 0 bridgehead atoms. The fourth-order valence-corrected chi connectivity index (χ4v) is 2.95. The Labute approximate surface area is 179 Å². The number of rotatable bonds is 8. The minimum Gasteiger partial charge on any atom is -0.496 e. The molecule has 6 heteroatoms. The minimum atomic E-state index is -0.681. The Morgan fingerprint density at radius 1 is 0.839 bits per heavy atom. The maximum Gasteiger partial charge on any atom is 0.339 e. The number of carbonyl (C=O) groups excluding carboxylic acids is 2. The summed E-state index contributed by atoms with van der Waals surface area (Å²) in [5.41, 5.74) is 1.66. The highest BCUT2D eigenvalue weighted by Gasteiger charge is 2.18. The van der Waals surface area contributed by atoms with E-state index in [0.29, 0.717) is 16.9 Å². The zero-order chi connectivity index (χ0) is 22.2. The van der Waals surface area contributed by atoms with Crippen LogP contribution in [0.2, 0.25) is 0 Å². The summed E-state index contributed by atoms with van der Waals surface area (Å²) in [6.45, 7) is -0.527. The zero-order valence-corrected chi connectivity index (χ0v) is 17.1. The van der Waals surface area contributed by atoms with Gasteiger partial charge in [0.2, 0.25) is 0 Å². The van der Waals surface area contributed by atoms with E-state index in [-0.39, 0.29) is 16.9 Å². The second-order valence-corrected chi connectivity index (χ2v) is 6.51. The summed E-state index contributed by atoms with van der Waals surface area (Å²) in [5, 5.41) is 0. The molecule has 0 saturated heterocycles. The van der Waals surface area contributed by atoms with Crippen molar-refractivity contribution < 1.29 is 28.2 Å². The Kier molecular flexibility index (Phi) is 7.17. The van der Waals surface area contributed by atoms with Crippen molar-refractivity contribution in [3.63, 3.8) is 0 Å². The number of para-hydroxylation sites is 1. The van der Waals surface area contributed by atoms with E-state index in [4.69, 9.17) is 14.2 Å². The van der Waals surface area contributed by atoms with Gasteiger partial charge in [-0.1, -0.05) is 48.5 Å². The van der Waals surface area contributed by atoms with Crippen LogP contribution in [0, 0.1) is 5.82 Å². The van der Waals surface area contributed by atoms with E-state index >= 15 is 0 Å². The zero-order valence-electron chi connectivity index (χ0n) is 17.1. The van der Waals surface area contributed by atoms with Crippen LogP contribution in [-0.4, -0.2) is 32.6 Å². The van der Waals surface area contributed by atoms with Crippen LogP contribution in [0.25, 0.3) is 11.6 Å². The van der Waals surface area contributed by atoms with Gasteiger partial charge in [-0.3, -0.25) is 4.79 Å². The molecule has 0 unspecified atom stereocenters. The number of benzene rings is 3. The minimum absolute atomic E-state index is 0.0275. The number of ether oxygens (including phenoxy) is 3. The number of ketones is 1. The standard InChI is InChI=1S/C25H21FO5/c1-29-23-11-7-6-10-19(23)14-20(17-8-4-3-5-9-17)25(28)31-16-22(27)18-12-13-24(30-2)21(26)15-18/h3-15H,16H2,1-2H3/b20-14+. The second kappa shape index (κ2) is 10.2. The first-order valence-electron chi connectivity index (χ1n) is 9.47. The Hall–Kier alpha value is -3.93. The molecule has 0 aliphatic heterocycles. The molecule has 0 saturated carbocycles. The van der Waals surface area contributed by atoms with Gasteiger partial charge in [-0.25, -0.2) is 9.18 Å². The normalized spacial score (nSPS) is 11.0. The first-order valence-corrected chi connectivity index (χ1v) is 9.47. The number of Topliss-reactive ketones (excluding diaryl/α,β-unsaturated/α-hetero) is 1. The summed E-state index contributed by atoms with van der Waals surface area (Å²) in [6.07, 6.45) is 1.65. The van der Waals surface area contributed by atoms with Gasteiger partial charge < -0.3 is 14.2 Å². The summed E-state index contributed by atoms with van der Waals surface area (Å²) in [4.78, 5) is 25.3. The molecular weight excluding hydrogens is 399 g/mol. The quantitative estimate of drug-likeness (QED) is 0.227. The summed E-state index contributed by atoms with van der Waals surface area (Å²) < 4.78 is 29.3. The molecule has 5 nitrogen and oxygen atoms in total. The van der Waals surface area contributed by atoms with Gasteiger partial charge in [-0.15, -0.1) is 0 Å². The van der Waals surface area contributed by atoms with Crippen LogP contribution >= 0.6 is 0 Å². The SMILES string of the molecule is COc1ccc(C(=O)COC(=O)/C(=C/c2ccccc2OC)c2ccccc2)cc1F. The third-order valence-electron chi connectivity index (χ3n) is 4.55. The molecule has 0 aromatic heterocycles. The number of halogens is 1. The lowest BCUT2D eigenvalue weighted by atomic mass is 10.0. The molecule has 158 valence electrons. The molecule has 3 aromatic carbocycles. The molecule has 0 aliphatic carbocycles. The van der Waals surface area contributed by atoms with Crippen molar-refractivity contribution in [2.24, 2.45) is 0 Å². The van der Waals surface area contributed by atoms with Crippen molar-refractivity contribution in [1.82, 2.24) is 0 Å². The first-order chi connectivity index (χ1) is 15.0. The Morgan fingerprint density at radius 3 is 2.19 bits per heavy atom. The van der Waals surface area contributed by atoms with Gasteiger partial charge in [-0.2, -0.15) is 0 Å². The van der Waals surface area contributed by atoms with Crippen molar-refractivity contribution in [3.8, 4) is 11.5 Å². The molecule has 0 fully saturated rings. The van der Waals surface area contributed by atoms with E-state index < -0.39 is 24.2 Å². The van der Waals surface area contributed by atoms with E-state index in [0.717, 1.165) is 6.07 Å². The maximum atomic E-state index is 13.9. The number of methoxy groups -OCH3 is 2. The predicted molar refractivity (Wildman–Crippen MR) is 116 cm³/mol. The highest BCUT2D eigenvalue weighted by Crippen LogP contribution is 2.26. The lowest BCUT2D eigenvalue weighted by molar-refractivity contribution is -0.135. The van der Waals surface area contributed by atoms with Crippen molar-refractivity contribution in [3.05, 3.63) is 95.3 Å². The van der Waals surface area contributed by atoms with E-state index in [1.165, 1.54) is 19.2 Å². The monoisotopic (exact) mass is 420 g/mol. The Balaban J connectivity index is 1.83. The van der Waals surface area contributed by atoms with Gasteiger partial charge in [0, 0.05) is 11.1 Å². The van der Waals surface area contributed by atoms with E-state index in [1.54, 1.807) is 49.6 Å². The molecule has 3 rings (SSSR count). The molecule has 0 aliphatic rings. The van der Waals surface area contributed by atoms with Gasteiger partial charge in [-0.05, 0) is 35.9 Å². The fourth-order valence-electron chi connectivity index (χ4n) is 2.95. The van der Waals surface area contributed by atoms with Gasteiger partial charge >= 0.3 is 5.97 Å². The van der Waals surface area contributed by atoms with Gasteiger partial charge in [0.1, 0.15) is 5.75 Å². The van der Waals surface area contributed by atoms with Crippen LogP contribution in [0.5, 0.6) is 11.5 Å². The van der Waals surface area contributed by atoms with Crippen LogP contribution in [0.4, 0.5) is 4.39 Å². The van der Waals surface area contributed by atoms with E-state index in [2.05, 4.69) is 0 Å². The van der Waals surface area contributed by atoms with Crippen LogP contribution in [-0.2, 0) is 9.53 Å². The molecule has 3 aromatic rings. The molecule has 0 amide bonds. The fraction of sp³-hybridized carbons (Fsp3) is 0.120. The summed E-state index contributed by atoms with van der Waals surface area (Å²) >= 11 is 0. The van der Waals surface area contributed by atoms with Crippen LogP contribution < -0.4 is 9.47 Å². The van der Waals surface area contributed by atoms with Crippen LogP contribution in [0.15, 0.2) is 72.8 Å². The largest absolute Gasteiger partial charge is 0.496 e. The Bertz CT molecular complexity index is 1110. The third kappa shape index (κ3) is 5.36. The highest BCUT2D eigenvalue weighted by molar-refractivity contribution is 6.22. The summed E-state index contributed by atoms with van der Waals surface area (Å²) in [6, 6.07) is 20.0. The number of carbonyl (C=O) groups is 2. The average Bonchev–Trinajstić information content (AvgIpc) is 2.81. The van der Waals surface area contributed by atoms with Crippen LogP contribution in [0.3, 0.4) is 0 Å². The summed E-state index contributed by atoms with van der Waals surface area (Å²) in [5.74, 6) is -1.26. The maximum absolute atomic E-state index is 13.9. The van der Waals surface area contributed by atoms with Crippen molar-refractivity contribution >= 4 is 23.4 Å². The van der Waals surface area contributed by atoms with Gasteiger partial charge in [0.25, 0.3) is 0 Å². The van der Waals surface area contributed by atoms with Gasteiger partial charge in [0.05, 0.1) is 19.8 Å². The smallest absolute Gasteiger partial charge is 0.339 e. The number of hydrogen-bond acceptors (Lipinski definition) is 5. The molecule has 0 atom stereocenters. The average molecular weight is 420 g/mol. The number of hydrogen-bond donors (Lipinski definition) is 0. The molecular formula is C25H21FO5. The van der Waals surface area contributed by atoms with Gasteiger partial charge in [0.15, 0.2) is 24.0 Å². The van der Waals surface area contributed by atoms with Crippen LogP contribution in [0.1, 0.15) is 21.5 Å². The third-order valence-corrected chi connectivity index (χ3v) is 4.55. The molecule has 0 radical (unpaired) electrons. The van der Waals surface area contributed by atoms with E-state index in [1.807, 2.05) is 18.2 Å². The number of esters is 1. The second-order valence-electron chi connectivity index (χ2n) is 6.51. The van der Waals surface area contributed by atoms with E-state index in [9.17, 15) is 14.0 Å². The van der Waals surface area contributed by atoms with Crippen molar-refractivity contribution in [2.45, 2.75) is 0 Å². The summed E-state index contributed by atoms with van der Waals surface area (Å²) in [7, 11) is 2.88. The predicted octanol–water partition coefficient (Wildman–Crippen LogP) is 4.81. The molecule has 0 N–H and O–H groups in total. The van der Waals surface area contributed by atoms with Crippen molar-refractivity contribution in [1.29, 1.82) is 0 Å². The molecule has 31 heavy (non-hydrogen) atoms. The molecule has 0 spiro atoms. The molecule has 0 heterocycles. The topological polar surface area (TPSA) is 61.8 Å².